The van der Waals surface area contributed by atoms with Gasteiger partial charge in [0.1, 0.15) is 5.75 Å². The van der Waals surface area contributed by atoms with Crippen LogP contribution in [0.4, 0.5) is 0 Å². The minimum Gasteiger partial charge on any atom is -0.496 e. The molecule has 1 aliphatic rings. The highest BCUT2D eigenvalue weighted by Crippen LogP contribution is 2.27. The minimum absolute atomic E-state index is 0.211. The number of piperazine rings is 1. The first-order valence-electron chi connectivity index (χ1n) is 7.52. The molecule has 5 nitrogen and oxygen atoms in total. The Balaban J connectivity index is 1.93. The van der Waals surface area contributed by atoms with E-state index in [-0.39, 0.29) is 6.61 Å². The number of methoxy groups -OCH3 is 1. The van der Waals surface area contributed by atoms with Gasteiger partial charge >= 0.3 is 0 Å². The summed E-state index contributed by atoms with van der Waals surface area (Å²) in [6, 6.07) is 5.89. The average molecular weight is 294 g/mol. The zero-order valence-electron chi connectivity index (χ0n) is 13.0. The molecule has 1 atom stereocenters. The Bertz CT molecular complexity index is 445. The van der Waals surface area contributed by atoms with Crippen molar-refractivity contribution < 1.29 is 14.9 Å². The number of ether oxygens (including phenoxy) is 1. The number of hydrogen-bond donors (Lipinski definition) is 2. The van der Waals surface area contributed by atoms with Crippen LogP contribution in [0.15, 0.2) is 18.2 Å². The maximum atomic E-state index is 10.5. The smallest absolute Gasteiger partial charge is 0.124 e. The van der Waals surface area contributed by atoms with Crippen molar-refractivity contribution in [2.24, 2.45) is 0 Å². The van der Waals surface area contributed by atoms with Crippen molar-refractivity contribution in [3.63, 3.8) is 0 Å². The number of rotatable bonds is 6. The van der Waals surface area contributed by atoms with Gasteiger partial charge in [0.2, 0.25) is 0 Å². The van der Waals surface area contributed by atoms with Gasteiger partial charge < -0.3 is 14.9 Å². The van der Waals surface area contributed by atoms with Crippen LogP contribution in [0, 0.1) is 6.92 Å². The molecule has 0 aromatic heterocycles. The van der Waals surface area contributed by atoms with Crippen molar-refractivity contribution in [1.29, 1.82) is 0 Å². The van der Waals surface area contributed by atoms with Gasteiger partial charge in [-0.3, -0.25) is 9.80 Å². The topological polar surface area (TPSA) is 56.2 Å². The molecule has 1 saturated heterocycles. The second-order valence-electron chi connectivity index (χ2n) is 5.63. The second-order valence-corrected chi connectivity index (χ2v) is 5.63. The average Bonchev–Trinajstić information content (AvgIpc) is 2.49. The third kappa shape index (κ3) is 4.41. The number of β-amino-alcohol motifs (C(OH)–C–C–N with tert-alkyl or cyclic N) is 2. The number of benzene rings is 1. The highest BCUT2D eigenvalue weighted by molar-refractivity contribution is 5.38. The standard InChI is InChI=1S/C16H26N2O3/c1-13-3-4-16(21-2)14(11-13)15(20)12-18-7-5-17(6-8-18)9-10-19/h3-4,11,15,19-20H,5-10,12H2,1-2H3/t15-/m0/s1. The van der Waals surface area contributed by atoms with Crippen molar-refractivity contribution in [3.05, 3.63) is 29.3 Å². The monoisotopic (exact) mass is 294 g/mol. The fourth-order valence-corrected chi connectivity index (χ4v) is 2.79. The van der Waals surface area contributed by atoms with E-state index in [1.54, 1.807) is 7.11 Å². The molecule has 21 heavy (non-hydrogen) atoms. The Morgan fingerprint density at radius 1 is 1.19 bits per heavy atom. The lowest BCUT2D eigenvalue weighted by Crippen LogP contribution is -2.48. The Morgan fingerprint density at radius 3 is 2.48 bits per heavy atom. The van der Waals surface area contributed by atoms with E-state index >= 15 is 0 Å². The third-order valence-electron chi connectivity index (χ3n) is 4.06. The Kier molecular flexibility index (Phi) is 5.99. The molecule has 5 heteroatoms. The van der Waals surface area contributed by atoms with Crippen LogP contribution < -0.4 is 4.74 Å². The summed E-state index contributed by atoms with van der Waals surface area (Å²) in [6.07, 6.45) is -0.538. The summed E-state index contributed by atoms with van der Waals surface area (Å²) in [6.45, 7) is 7.31. The molecule has 0 aliphatic carbocycles. The quantitative estimate of drug-likeness (QED) is 0.807. The Hall–Kier alpha value is -1.14. The van der Waals surface area contributed by atoms with E-state index in [0.717, 1.165) is 49.6 Å². The lowest BCUT2D eigenvalue weighted by molar-refractivity contribution is 0.0651. The first-order valence-corrected chi connectivity index (χ1v) is 7.52. The largest absolute Gasteiger partial charge is 0.496 e. The molecule has 0 radical (unpaired) electrons. The predicted molar refractivity (Wildman–Crippen MR) is 82.7 cm³/mol. The Labute approximate surface area is 126 Å². The predicted octanol–water partition coefficient (Wildman–Crippen LogP) is 0.647. The zero-order chi connectivity index (χ0) is 15.2. The van der Waals surface area contributed by atoms with Crippen molar-refractivity contribution in [2.45, 2.75) is 13.0 Å². The van der Waals surface area contributed by atoms with Crippen LogP contribution in [0.3, 0.4) is 0 Å². The van der Waals surface area contributed by atoms with Gasteiger partial charge in [-0.15, -0.1) is 0 Å². The molecule has 0 amide bonds. The molecule has 0 saturated carbocycles. The highest BCUT2D eigenvalue weighted by atomic mass is 16.5. The highest BCUT2D eigenvalue weighted by Gasteiger charge is 2.21. The van der Waals surface area contributed by atoms with Crippen molar-refractivity contribution >= 4 is 0 Å². The molecule has 0 bridgehead atoms. The molecule has 1 fully saturated rings. The summed E-state index contributed by atoms with van der Waals surface area (Å²) in [5.74, 6) is 0.743. The van der Waals surface area contributed by atoms with Gasteiger partial charge in [0.15, 0.2) is 0 Å². The molecule has 0 unspecified atom stereocenters. The first-order chi connectivity index (χ1) is 10.1. The fourth-order valence-electron chi connectivity index (χ4n) is 2.79. The number of aliphatic hydroxyl groups excluding tert-OH is 2. The maximum Gasteiger partial charge on any atom is 0.124 e. The van der Waals surface area contributed by atoms with Crippen LogP contribution in [0.5, 0.6) is 5.75 Å². The number of aryl methyl sites for hydroxylation is 1. The van der Waals surface area contributed by atoms with Gasteiger partial charge in [0.05, 0.1) is 19.8 Å². The molecule has 1 aliphatic heterocycles. The fraction of sp³-hybridized carbons (Fsp3) is 0.625. The normalized spacial score (nSPS) is 18.7. The van der Waals surface area contributed by atoms with Gasteiger partial charge in [-0.2, -0.15) is 0 Å². The van der Waals surface area contributed by atoms with Gasteiger partial charge in [-0.1, -0.05) is 11.6 Å². The van der Waals surface area contributed by atoms with E-state index < -0.39 is 6.10 Å². The minimum atomic E-state index is -0.538. The molecule has 1 aromatic rings. The van der Waals surface area contributed by atoms with E-state index in [1.165, 1.54) is 0 Å². The van der Waals surface area contributed by atoms with E-state index in [4.69, 9.17) is 9.84 Å². The number of hydrogen-bond acceptors (Lipinski definition) is 5. The summed E-state index contributed by atoms with van der Waals surface area (Å²) in [5.41, 5.74) is 1.98. The molecular weight excluding hydrogens is 268 g/mol. The van der Waals surface area contributed by atoms with Gasteiger partial charge in [-0.05, 0) is 19.1 Å². The Morgan fingerprint density at radius 2 is 1.86 bits per heavy atom. The van der Waals surface area contributed by atoms with E-state index in [0.29, 0.717) is 6.54 Å². The van der Waals surface area contributed by atoms with Gasteiger partial charge in [0, 0.05) is 44.8 Å². The molecule has 1 aromatic carbocycles. The van der Waals surface area contributed by atoms with Crippen LogP contribution in [-0.4, -0.2) is 73.0 Å². The lowest BCUT2D eigenvalue weighted by Gasteiger charge is -2.35. The summed E-state index contributed by atoms with van der Waals surface area (Å²) >= 11 is 0. The van der Waals surface area contributed by atoms with Crippen molar-refractivity contribution in [3.8, 4) is 5.75 Å². The number of nitrogens with zero attached hydrogens (tertiary/aromatic N) is 2. The second kappa shape index (κ2) is 7.75. The van der Waals surface area contributed by atoms with E-state index in [9.17, 15) is 5.11 Å². The third-order valence-corrected chi connectivity index (χ3v) is 4.06. The van der Waals surface area contributed by atoms with Crippen LogP contribution in [0.2, 0.25) is 0 Å². The van der Waals surface area contributed by atoms with Crippen LogP contribution >= 0.6 is 0 Å². The van der Waals surface area contributed by atoms with Crippen LogP contribution in [0.25, 0.3) is 0 Å². The number of aliphatic hydroxyl groups is 2. The summed E-state index contributed by atoms with van der Waals surface area (Å²) in [5, 5.41) is 19.5. The van der Waals surface area contributed by atoms with E-state index in [2.05, 4.69) is 9.80 Å². The summed E-state index contributed by atoms with van der Waals surface area (Å²) in [7, 11) is 1.63. The molecule has 2 rings (SSSR count). The van der Waals surface area contributed by atoms with E-state index in [1.807, 2.05) is 25.1 Å². The molecule has 0 spiro atoms. The SMILES string of the molecule is COc1ccc(C)cc1[C@@H](O)CN1CCN(CCO)CC1. The van der Waals surface area contributed by atoms with Gasteiger partial charge in [0.25, 0.3) is 0 Å². The van der Waals surface area contributed by atoms with Crippen molar-refractivity contribution in [2.75, 3.05) is 53.0 Å². The summed E-state index contributed by atoms with van der Waals surface area (Å²) in [4.78, 5) is 4.51. The molecule has 2 N–H and O–H groups in total. The summed E-state index contributed by atoms with van der Waals surface area (Å²) < 4.78 is 5.35. The molecular formula is C16H26N2O3. The molecule has 1 heterocycles. The first kappa shape index (κ1) is 16.2. The molecule has 118 valence electrons. The van der Waals surface area contributed by atoms with Crippen LogP contribution in [0.1, 0.15) is 17.2 Å². The zero-order valence-corrected chi connectivity index (χ0v) is 13.0. The van der Waals surface area contributed by atoms with Crippen LogP contribution in [-0.2, 0) is 0 Å². The van der Waals surface area contributed by atoms with Crippen molar-refractivity contribution in [1.82, 2.24) is 9.80 Å². The van der Waals surface area contributed by atoms with Gasteiger partial charge in [-0.25, -0.2) is 0 Å². The maximum absolute atomic E-state index is 10.5. The lowest BCUT2D eigenvalue weighted by atomic mass is 10.0.